The highest BCUT2D eigenvalue weighted by Gasteiger charge is 2.26. The molecule has 1 aromatic heterocycles. The number of nitrogens with one attached hydrogen (secondary N) is 1. The van der Waals surface area contributed by atoms with Crippen LogP contribution in [0.2, 0.25) is 0 Å². The van der Waals surface area contributed by atoms with Gasteiger partial charge in [0.15, 0.2) is 0 Å². The molecule has 2 aromatic carbocycles. The number of nitrogens with zero attached hydrogens (tertiary/aromatic N) is 3. The third kappa shape index (κ3) is 3.40. The quantitative estimate of drug-likeness (QED) is 0.756. The Kier molecular flexibility index (Phi) is 4.36. The standard InChI is InChI=1S/C22H22N4O/c1-14-8-9-18(12-15(14)2)24-22-23-16(3)13-19(25-22)21(27)26-11-10-17-6-4-5-7-20(17)26/h4-9,12-13H,10-11H2,1-3H3,(H,23,24,25). The van der Waals surface area contributed by atoms with E-state index in [0.29, 0.717) is 18.2 Å². The zero-order valence-corrected chi connectivity index (χ0v) is 15.8. The van der Waals surface area contributed by atoms with Gasteiger partial charge in [-0.2, -0.15) is 0 Å². The second-order valence-corrected chi connectivity index (χ2v) is 6.98. The fourth-order valence-corrected chi connectivity index (χ4v) is 3.37. The van der Waals surface area contributed by atoms with Gasteiger partial charge in [0.1, 0.15) is 5.69 Å². The van der Waals surface area contributed by atoms with E-state index in [1.54, 1.807) is 11.0 Å². The van der Waals surface area contributed by atoms with Crippen LogP contribution in [0.1, 0.15) is 32.9 Å². The van der Waals surface area contributed by atoms with E-state index in [-0.39, 0.29) is 5.91 Å². The number of carbonyl (C=O) groups excluding carboxylic acids is 1. The number of hydrogen-bond acceptors (Lipinski definition) is 4. The lowest BCUT2D eigenvalue weighted by atomic mass is 10.1. The number of fused-ring (bicyclic) bond motifs is 1. The second kappa shape index (κ2) is 6.83. The first-order valence-electron chi connectivity index (χ1n) is 9.11. The van der Waals surface area contributed by atoms with Crippen LogP contribution >= 0.6 is 0 Å². The van der Waals surface area contributed by atoms with Crippen molar-refractivity contribution in [2.45, 2.75) is 27.2 Å². The van der Waals surface area contributed by atoms with Gasteiger partial charge >= 0.3 is 0 Å². The van der Waals surface area contributed by atoms with Crippen LogP contribution in [0, 0.1) is 20.8 Å². The van der Waals surface area contributed by atoms with Crippen molar-refractivity contribution in [1.82, 2.24) is 9.97 Å². The molecule has 5 heteroatoms. The first-order chi connectivity index (χ1) is 13.0. The molecule has 27 heavy (non-hydrogen) atoms. The van der Waals surface area contributed by atoms with Gasteiger partial charge in [0, 0.05) is 23.6 Å². The first kappa shape index (κ1) is 17.2. The van der Waals surface area contributed by atoms with Gasteiger partial charge in [0.25, 0.3) is 5.91 Å². The van der Waals surface area contributed by atoms with Crippen LogP contribution in [0.25, 0.3) is 0 Å². The van der Waals surface area contributed by atoms with Crippen molar-refractivity contribution < 1.29 is 4.79 Å². The summed E-state index contributed by atoms with van der Waals surface area (Å²) in [5.74, 6) is 0.350. The van der Waals surface area contributed by atoms with E-state index in [4.69, 9.17) is 0 Å². The molecule has 0 spiro atoms. The first-order valence-corrected chi connectivity index (χ1v) is 9.11. The Morgan fingerprint density at radius 2 is 1.81 bits per heavy atom. The molecular formula is C22H22N4O. The SMILES string of the molecule is Cc1cc(C(=O)N2CCc3ccccc32)nc(Nc2ccc(C)c(C)c2)n1. The number of anilines is 3. The number of amides is 1. The summed E-state index contributed by atoms with van der Waals surface area (Å²) in [5.41, 5.74) is 6.67. The summed E-state index contributed by atoms with van der Waals surface area (Å²) in [6.07, 6.45) is 0.875. The minimum Gasteiger partial charge on any atom is -0.324 e. The Hall–Kier alpha value is -3.21. The molecule has 1 amide bonds. The molecule has 1 N–H and O–H groups in total. The molecular weight excluding hydrogens is 336 g/mol. The number of hydrogen-bond donors (Lipinski definition) is 1. The lowest BCUT2D eigenvalue weighted by Crippen LogP contribution is -2.30. The summed E-state index contributed by atoms with van der Waals surface area (Å²) in [5, 5.41) is 3.22. The number of rotatable bonds is 3. The molecule has 0 unspecified atom stereocenters. The predicted octanol–water partition coefficient (Wildman–Crippen LogP) is 4.35. The minimum atomic E-state index is -0.0893. The predicted molar refractivity (Wildman–Crippen MR) is 108 cm³/mol. The van der Waals surface area contributed by atoms with Crippen molar-refractivity contribution in [2.24, 2.45) is 0 Å². The van der Waals surface area contributed by atoms with Crippen molar-refractivity contribution in [1.29, 1.82) is 0 Å². The maximum absolute atomic E-state index is 13.1. The zero-order chi connectivity index (χ0) is 19.0. The van der Waals surface area contributed by atoms with Gasteiger partial charge in [-0.15, -0.1) is 0 Å². The Labute approximate surface area is 159 Å². The summed E-state index contributed by atoms with van der Waals surface area (Å²) in [7, 11) is 0. The molecule has 136 valence electrons. The van der Waals surface area contributed by atoms with E-state index < -0.39 is 0 Å². The molecule has 0 aliphatic carbocycles. The van der Waals surface area contributed by atoms with E-state index in [2.05, 4.69) is 47.3 Å². The maximum atomic E-state index is 13.1. The summed E-state index contributed by atoms with van der Waals surface area (Å²) in [4.78, 5) is 23.8. The van der Waals surface area contributed by atoms with Crippen LogP contribution in [-0.4, -0.2) is 22.4 Å². The average Bonchev–Trinajstić information content (AvgIpc) is 3.08. The lowest BCUT2D eigenvalue weighted by molar-refractivity contribution is 0.0984. The summed E-state index contributed by atoms with van der Waals surface area (Å²) < 4.78 is 0. The Morgan fingerprint density at radius 1 is 1.00 bits per heavy atom. The number of aromatic nitrogens is 2. The average molecular weight is 358 g/mol. The van der Waals surface area contributed by atoms with Crippen molar-refractivity contribution in [3.05, 3.63) is 76.6 Å². The van der Waals surface area contributed by atoms with Gasteiger partial charge in [0.05, 0.1) is 0 Å². The molecule has 2 heterocycles. The van der Waals surface area contributed by atoms with Gasteiger partial charge in [0.2, 0.25) is 5.95 Å². The van der Waals surface area contributed by atoms with Gasteiger partial charge in [-0.1, -0.05) is 24.3 Å². The van der Waals surface area contributed by atoms with Crippen LogP contribution in [-0.2, 0) is 6.42 Å². The topological polar surface area (TPSA) is 58.1 Å². The van der Waals surface area contributed by atoms with Crippen molar-refractivity contribution in [2.75, 3.05) is 16.8 Å². The number of aryl methyl sites for hydroxylation is 3. The fraction of sp³-hybridized carbons (Fsp3) is 0.227. The van der Waals surface area contributed by atoms with E-state index in [1.165, 1.54) is 16.7 Å². The van der Waals surface area contributed by atoms with Gasteiger partial charge in [-0.3, -0.25) is 4.79 Å². The van der Waals surface area contributed by atoms with Crippen molar-refractivity contribution >= 4 is 23.2 Å². The molecule has 1 aliphatic heterocycles. The van der Waals surface area contributed by atoms with Crippen LogP contribution in [0.5, 0.6) is 0 Å². The molecule has 5 nitrogen and oxygen atoms in total. The summed E-state index contributed by atoms with van der Waals surface area (Å²) in [6.45, 7) is 6.70. The van der Waals surface area contributed by atoms with Gasteiger partial charge < -0.3 is 10.2 Å². The Bertz CT molecular complexity index is 1030. The third-order valence-corrected chi connectivity index (χ3v) is 4.97. The molecule has 0 saturated carbocycles. The smallest absolute Gasteiger partial charge is 0.277 e. The van der Waals surface area contributed by atoms with Gasteiger partial charge in [-0.25, -0.2) is 9.97 Å². The highest BCUT2D eigenvalue weighted by Crippen LogP contribution is 2.29. The largest absolute Gasteiger partial charge is 0.324 e. The Balaban J connectivity index is 1.62. The maximum Gasteiger partial charge on any atom is 0.277 e. The number of carbonyl (C=O) groups is 1. The summed E-state index contributed by atoms with van der Waals surface area (Å²) in [6, 6.07) is 15.9. The summed E-state index contributed by atoms with van der Waals surface area (Å²) >= 11 is 0. The van der Waals surface area contributed by atoms with E-state index in [1.807, 2.05) is 31.2 Å². The molecule has 0 bridgehead atoms. The number of para-hydroxylation sites is 1. The second-order valence-electron chi connectivity index (χ2n) is 6.98. The van der Waals surface area contributed by atoms with Crippen LogP contribution < -0.4 is 10.2 Å². The minimum absolute atomic E-state index is 0.0893. The van der Waals surface area contributed by atoms with Crippen LogP contribution in [0.15, 0.2) is 48.5 Å². The number of benzene rings is 2. The van der Waals surface area contributed by atoms with Crippen molar-refractivity contribution in [3.63, 3.8) is 0 Å². The monoisotopic (exact) mass is 358 g/mol. The molecule has 1 aliphatic rings. The molecule has 0 atom stereocenters. The van der Waals surface area contributed by atoms with Crippen LogP contribution in [0.3, 0.4) is 0 Å². The lowest BCUT2D eigenvalue weighted by Gasteiger charge is -2.17. The molecule has 3 aromatic rings. The molecule has 0 fully saturated rings. The van der Waals surface area contributed by atoms with E-state index in [9.17, 15) is 4.79 Å². The van der Waals surface area contributed by atoms with Gasteiger partial charge in [-0.05, 0) is 68.1 Å². The normalized spacial score (nSPS) is 12.8. The van der Waals surface area contributed by atoms with Crippen LogP contribution in [0.4, 0.5) is 17.3 Å². The van der Waals surface area contributed by atoms with E-state index >= 15 is 0 Å². The third-order valence-electron chi connectivity index (χ3n) is 4.97. The Morgan fingerprint density at radius 3 is 2.63 bits per heavy atom. The van der Waals surface area contributed by atoms with Crippen molar-refractivity contribution in [3.8, 4) is 0 Å². The zero-order valence-electron chi connectivity index (χ0n) is 15.8. The molecule has 0 radical (unpaired) electrons. The fourth-order valence-electron chi connectivity index (χ4n) is 3.37. The molecule has 4 rings (SSSR count). The van der Waals surface area contributed by atoms with E-state index in [0.717, 1.165) is 23.5 Å². The highest BCUT2D eigenvalue weighted by atomic mass is 16.2. The molecule has 0 saturated heterocycles. The highest BCUT2D eigenvalue weighted by molar-refractivity contribution is 6.06.